The number of hydrogen-bond acceptors (Lipinski definition) is 3. The highest BCUT2D eigenvalue weighted by atomic mass is 16.5. The van der Waals surface area contributed by atoms with Crippen LogP contribution >= 0.6 is 0 Å². The quantitative estimate of drug-likeness (QED) is 0.785. The third-order valence-electron chi connectivity index (χ3n) is 6.97. The van der Waals surface area contributed by atoms with E-state index in [1.807, 2.05) is 32.2 Å². The molecule has 1 amide bonds. The minimum Gasteiger partial charge on any atom is -0.375 e. The van der Waals surface area contributed by atoms with Crippen LogP contribution in [0.1, 0.15) is 32.8 Å². The Morgan fingerprint density at radius 1 is 1.25 bits per heavy atom. The molecule has 1 heterocycles. The summed E-state index contributed by atoms with van der Waals surface area (Å²) in [5, 5.41) is 0. The number of hydrogen-bond donors (Lipinski definition) is 0. The van der Waals surface area contributed by atoms with Crippen molar-refractivity contribution in [2.24, 2.45) is 11.3 Å². The maximum absolute atomic E-state index is 12.5. The van der Waals surface area contributed by atoms with Gasteiger partial charge in [0.25, 0.3) is 5.91 Å². The van der Waals surface area contributed by atoms with Crippen LogP contribution in [0.3, 0.4) is 0 Å². The second-order valence-electron chi connectivity index (χ2n) is 8.46. The lowest BCUT2D eigenvalue weighted by Crippen LogP contribution is -2.48. The maximum atomic E-state index is 12.5. The molecular formula is C24H29NO3. The molecule has 4 rings (SSSR count). The van der Waals surface area contributed by atoms with Gasteiger partial charge in [-0.05, 0) is 48.1 Å². The summed E-state index contributed by atoms with van der Waals surface area (Å²) in [6.45, 7) is 7.06. The summed E-state index contributed by atoms with van der Waals surface area (Å²) in [4.78, 5) is 14.2. The molecule has 28 heavy (non-hydrogen) atoms. The molecule has 4 nitrogen and oxygen atoms in total. The normalized spacial score (nSPS) is 32.1. The topological polar surface area (TPSA) is 38.8 Å². The number of nitrogens with zero attached hydrogens (tertiary/aromatic N) is 1. The van der Waals surface area contributed by atoms with Crippen LogP contribution in [0.5, 0.6) is 0 Å². The molecular weight excluding hydrogens is 350 g/mol. The number of carbonyl (C=O) groups excluding carboxylic acids is 1. The molecule has 4 heteroatoms. The lowest BCUT2D eigenvalue weighted by atomic mass is 9.59. The molecule has 1 aromatic rings. The minimum absolute atomic E-state index is 0.0374. The molecule has 3 aliphatic rings. The maximum Gasteiger partial charge on any atom is 0.254 e. The first-order valence-electron chi connectivity index (χ1n) is 9.97. The van der Waals surface area contributed by atoms with Gasteiger partial charge < -0.3 is 14.4 Å². The number of rotatable bonds is 4. The molecule has 0 aromatic heterocycles. The van der Waals surface area contributed by atoms with Gasteiger partial charge in [-0.1, -0.05) is 44.2 Å². The minimum atomic E-state index is -0.104. The third-order valence-corrected chi connectivity index (χ3v) is 6.97. The molecule has 0 saturated carbocycles. The highest BCUT2D eigenvalue weighted by molar-refractivity contribution is 6.00. The van der Waals surface area contributed by atoms with E-state index in [-0.39, 0.29) is 29.4 Å². The zero-order valence-corrected chi connectivity index (χ0v) is 17.4. The van der Waals surface area contributed by atoms with Gasteiger partial charge in [-0.15, -0.1) is 0 Å². The van der Waals surface area contributed by atoms with Gasteiger partial charge in [0.2, 0.25) is 0 Å². The lowest BCUT2D eigenvalue weighted by Gasteiger charge is -2.49. The van der Waals surface area contributed by atoms with Crippen molar-refractivity contribution in [2.75, 3.05) is 14.2 Å². The Morgan fingerprint density at radius 2 is 1.96 bits per heavy atom. The zero-order chi connectivity index (χ0) is 20.1. The third kappa shape index (κ3) is 2.87. The first kappa shape index (κ1) is 19.2. The van der Waals surface area contributed by atoms with Gasteiger partial charge in [0.15, 0.2) is 0 Å². The average Bonchev–Trinajstić information content (AvgIpc) is 2.90. The highest BCUT2D eigenvalue weighted by Gasteiger charge is 2.50. The van der Waals surface area contributed by atoms with E-state index in [1.54, 1.807) is 12.0 Å². The molecule has 0 spiro atoms. The van der Waals surface area contributed by atoms with Crippen LogP contribution < -0.4 is 0 Å². The molecule has 0 unspecified atom stereocenters. The summed E-state index contributed by atoms with van der Waals surface area (Å²) in [5.41, 5.74) is 5.42. The highest BCUT2D eigenvalue weighted by Crippen LogP contribution is 2.54. The molecule has 1 aromatic carbocycles. The molecule has 0 bridgehead atoms. The Balaban J connectivity index is 1.67. The Hall–Kier alpha value is -2.17. The van der Waals surface area contributed by atoms with E-state index in [0.29, 0.717) is 6.61 Å². The van der Waals surface area contributed by atoms with Crippen molar-refractivity contribution in [3.63, 3.8) is 0 Å². The standard InChI is InChI=1S/C24H29NO3/c1-15-19-13-24(3)16(2)22(28-14-17-9-7-6-8-10-17)21(27-5)12-18(24)11-20(19)25(4)23(15)26/h6-12,16,21-22H,13-14H2,1-5H3/t16-,21+,22+,24+/m0/s1. The van der Waals surface area contributed by atoms with Crippen molar-refractivity contribution in [2.45, 2.75) is 46.0 Å². The van der Waals surface area contributed by atoms with Crippen LogP contribution in [0.25, 0.3) is 0 Å². The van der Waals surface area contributed by atoms with E-state index in [2.05, 4.69) is 38.1 Å². The largest absolute Gasteiger partial charge is 0.375 e. The van der Waals surface area contributed by atoms with Gasteiger partial charge in [-0.3, -0.25) is 4.79 Å². The molecule has 148 valence electrons. The lowest BCUT2D eigenvalue weighted by molar-refractivity contribution is -0.123. The van der Waals surface area contributed by atoms with Gasteiger partial charge in [-0.2, -0.15) is 0 Å². The van der Waals surface area contributed by atoms with E-state index in [9.17, 15) is 4.79 Å². The van der Waals surface area contributed by atoms with Crippen molar-refractivity contribution in [3.8, 4) is 0 Å². The van der Waals surface area contributed by atoms with Gasteiger partial charge in [-0.25, -0.2) is 0 Å². The Morgan fingerprint density at radius 3 is 2.64 bits per heavy atom. The van der Waals surface area contributed by atoms with Crippen LogP contribution in [-0.2, 0) is 20.9 Å². The molecule has 2 aliphatic carbocycles. The Labute approximate surface area is 167 Å². The van der Waals surface area contributed by atoms with Gasteiger partial charge in [0.1, 0.15) is 6.10 Å². The fourth-order valence-corrected chi connectivity index (χ4v) is 4.86. The molecule has 0 N–H and O–H groups in total. The molecule has 1 aliphatic heterocycles. The van der Waals surface area contributed by atoms with Crippen LogP contribution in [0.15, 0.2) is 64.9 Å². The number of benzene rings is 1. The molecule has 4 atom stereocenters. The monoisotopic (exact) mass is 379 g/mol. The zero-order valence-electron chi connectivity index (χ0n) is 17.4. The van der Waals surface area contributed by atoms with Crippen molar-refractivity contribution in [3.05, 3.63) is 70.5 Å². The molecule has 0 fully saturated rings. The van der Waals surface area contributed by atoms with E-state index in [0.717, 1.165) is 23.3 Å². The SMILES string of the molecule is CO[C@@H]1C=C2C=C3C(=C(C)C(=O)N3C)C[C@]2(C)[C@@H](C)[C@H]1OCc1ccccc1. The van der Waals surface area contributed by atoms with Crippen LogP contribution in [0, 0.1) is 11.3 Å². The predicted octanol–water partition coefficient (Wildman–Crippen LogP) is 4.25. The van der Waals surface area contributed by atoms with Crippen LogP contribution in [-0.4, -0.2) is 37.2 Å². The second kappa shape index (κ2) is 7.02. The molecule has 0 saturated heterocycles. The van der Waals surface area contributed by atoms with Gasteiger partial charge in [0.05, 0.1) is 12.7 Å². The van der Waals surface area contributed by atoms with Gasteiger partial charge >= 0.3 is 0 Å². The average molecular weight is 380 g/mol. The number of methoxy groups -OCH3 is 1. The molecule has 0 radical (unpaired) electrons. The fraction of sp³-hybridized carbons (Fsp3) is 0.458. The number of likely N-dealkylation sites (N-methyl/N-ethyl adjacent to an activating group) is 1. The summed E-state index contributed by atoms with van der Waals surface area (Å²) in [5.74, 6) is 0.359. The summed E-state index contributed by atoms with van der Waals surface area (Å²) >= 11 is 0. The number of ether oxygens (including phenoxy) is 2. The van der Waals surface area contributed by atoms with Crippen molar-refractivity contribution in [1.29, 1.82) is 0 Å². The Bertz CT molecular complexity index is 882. The summed E-state index contributed by atoms with van der Waals surface area (Å²) in [6.07, 6.45) is 5.10. The fourth-order valence-electron chi connectivity index (χ4n) is 4.86. The first-order chi connectivity index (χ1) is 13.4. The predicted molar refractivity (Wildman–Crippen MR) is 109 cm³/mol. The van der Waals surface area contributed by atoms with E-state index in [1.165, 1.54) is 11.1 Å². The second-order valence-corrected chi connectivity index (χ2v) is 8.46. The van der Waals surface area contributed by atoms with E-state index < -0.39 is 0 Å². The summed E-state index contributed by atoms with van der Waals surface area (Å²) in [6, 6.07) is 10.3. The summed E-state index contributed by atoms with van der Waals surface area (Å²) in [7, 11) is 3.60. The number of carbonyl (C=O) groups is 1. The number of amides is 1. The summed E-state index contributed by atoms with van der Waals surface area (Å²) < 4.78 is 12.2. The van der Waals surface area contributed by atoms with Crippen molar-refractivity contribution in [1.82, 2.24) is 4.90 Å². The van der Waals surface area contributed by atoms with Crippen LogP contribution in [0.2, 0.25) is 0 Å². The van der Waals surface area contributed by atoms with E-state index in [4.69, 9.17) is 9.47 Å². The number of fused-ring (bicyclic) bond motifs is 2. The Kier molecular flexibility index (Phi) is 4.80. The smallest absolute Gasteiger partial charge is 0.254 e. The van der Waals surface area contributed by atoms with Crippen molar-refractivity contribution < 1.29 is 14.3 Å². The first-order valence-corrected chi connectivity index (χ1v) is 9.97. The number of allylic oxidation sites excluding steroid dienone is 3. The van der Waals surface area contributed by atoms with Crippen LogP contribution in [0.4, 0.5) is 0 Å². The van der Waals surface area contributed by atoms with E-state index >= 15 is 0 Å². The van der Waals surface area contributed by atoms with Crippen molar-refractivity contribution >= 4 is 5.91 Å². The van der Waals surface area contributed by atoms with Gasteiger partial charge in [0, 0.05) is 30.8 Å².